The number of hydrogen-bond donors (Lipinski definition) is 3. The number of rotatable bonds is 7. The standard InChI is InChI=1S/C27H27N5O6/c1-16-14-18(20-4-2-3-5-21(20)28-16)15-38-19-8-6-17(7-9-19)24(33)29-23(22-25(34)31-27(36)30-22)26(35)32-10-12-37-13-11-32/h2-9,14,22-23H,10-13,15H2,1H3,(H,29,33)(H2,30,31,34,36). The second-order valence-corrected chi connectivity index (χ2v) is 9.08. The van der Waals surface area contributed by atoms with Crippen molar-refractivity contribution >= 4 is 34.7 Å². The van der Waals surface area contributed by atoms with Crippen LogP contribution in [0, 0.1) is 6.92 Å². The number of aryl methyl sites for hydroxylation is 1. The SMILES string of the molecule is Cc1cc(COc2ccc(C(=O)NC(C(=O)N3CCOCC3)C3NC(=O)NC3=O)cc2)c2ccccc2n1. The van der Waals surface area contributed by atoms with Gasteiger partial charge in [-0.25, -0.2) is 4.79 Å². The van der Waals surface area contributed by atoms with E-state index in [9.17, 15) is 19.2 Å². The molecule has 11 nitrogen and oxygen atoms in total. The first-order chi connectivity index (χ1) is 18.4. The minimum Gasteiger partial charge on any atom is -0.489 e. The minimum absolute atomic E-state index is 0.270. The van der Waals surface area contributed by atoms with Crippen LogP contribution >= 0.6 is 0 Å². The smallest absolute Gasteiger partial charge is 0.322 e. The van der Waals surface area contributed by atoms with E-state index in [1.807, 2.05) is 37.3 Å². The van der Waals surface area contributed by atoms with Gasteiger partial charge in [0.15, 0.2) is 0 Å². The lowest BCUT2D eigenvalue weighted by molar-refractivity contribution is -0.139. The van der Waals surface area contributed by atoms with Crippen LogP contribution in [0.1, 0.15) is 21.6 Å². The van der Waals surface area contributed by atoms with Crippen molar-refractivity contribution in [1.29, 1.82) is 0 Å². The van der Waals surface area contributed by atoms with Crippen LogP contribution in [0.25, 0.3) is 10.9 Å². The summed E-state index contributed by atoms with van der Waals surface area (Å²) in [5.74, 6) is -1.15. The van der Waals surface area contributed by atoms with E-state index in [1.54, 1.807) is 24.3 Å². The van der Waals surface area contributed by atoms with E-state index in [1.165, 1.54) is 4.90 Å². The molecular weight excluding hydrogens is 490 g/mol. The molecule has 2 aliphatic rings. The molecule has 0 spiro atoms. The number of nitrogens with one attached hydrogen (secondary N) is 3. The van der Waals surface area contributed by atoms with Crippen molar-refractivity contribution in [3.8, 4) is 5.75 Å². The van der Waals surface area contributed by atoms with Gasteiger partial charge in [0, 0.05) is 35.3 Å². The summed E-state index contributed by atoms with van der Waals surface area (Å²) in [6.07, 6.45) is 0. The van der Waals surface area contributed by atoms with Crippen LogP contribution < -0.4 is 20.7 Å². The van der Waals surface area contributed by atoms with Gasteiger partial charge in [0.1, 0.15) is 24.4 Å². The summed E-state index contributed by atoms with van der Waals surface area (Å²) in [6, 6.07) is 13.1. The molecule has 11 heteroatoms. The Morgan fingerprint density at radius 3 is 2.58 bits per heavy atom. The molecule has 5 amide bonds. The largest absolute Gasteiger partial charge is 0.489 e. The van der Waals surface area contributed by atoms with E-state index >= 15 is 0 Å². The lowest BCUT2D eigenvalue weighted by Crippen LogP contribution is -2.60. The van der Waals surface area contributed by atoms with Crippen LogP contribution in [-0.4, -0.2) is 72.0 Å². The van der Waals surface area contributed by atoms with Crippen molar-refractivity contribution in [3.63, 3.8) is 0 Å². The Bertz CT molecular complexity index is 1390. The summed E-state index contributed by atoms with van der Waals surface area (Å²) in [6.45, 7) is 3.61. The first-order valence-electron chi connectivity index (χ1n) is 12.3. The summed E-state index contributed by atoms with van der Waals surface area (Å²) in [5.41, 5.74) is 3.05. The molecule has 0 bridgehead atoms. The van der Waals surface area contributed by atoms with Crippen LogP contribution in [0.2, 0.25) is 0 Å². The quantitative estimate of drug-likeness (QED) is 0.402. The predicted octanol–water partition coefficient (Wildman–Crippen LogP) is 1.29. The highest BCUT2D eigenvalue weighted by atomic mass is 16.5. The van der Waals surface area contributed by atoms with E-state index < -0.39 is 35.8 Å². The molecule has 1 aromatic heterocycles. The van der Waals surface area contributed by atoms with E-state index in [-0.39, 0.29) is 5.56 Å². The van der Waals surface area contributed by atoms with Gasteiger partial charge in [-0.15, -0.1) is 0 Å². The van der Waals surface area contributed by atoms with Crippen molar-refractivity contribution in [2.45, 2.75) is 25.6 Å². The van der Waals surface area contributed by atoms with Crippen LogP contribution in [0.3, 0.4) is 0 Å². The Morgan fingerprint density at radius 1 is 1.13 bits per heavy atom. The van der Waals surface area contributed by atoms with Gasteiger partial charge in [-0.3, -0.25) is 24.7 Å². The fourth-order valence-corrected chi connectivity index (χ4v) is 4.54. The average molecular weight is 518 g/mol. The second-order valence-electron chi connectivity index (χ2n) is 9.08. The highest BCUT2D eigenvalue weighted by molar-refractivity contribution is 6.08. The molecule has 0 saturated carbocycles. The maximum atomic E-state index is 13.2. The van der Waals surface area contributed by atoms with Gasteiger partial charge in [0.25, 0.3) is 11.8 Å². The normalized spacial score (nSPS) is 18.0. The molecular formula is C27H27N5O6. The molecule has 2 atom stereocenters. The number of carbonyl (C=O) groups is 4. The van der Waals surface area contributed by atoms with E-state index in [0.717, 1.165) is 22.2 Å². The number of nitrogens with zero attached hydrogens (tertiary/aromatic N) is 2. The summed E-state index contributed by atoms with van der Waals surface area (Å²) in [5, 5.41) is 8.17. The molecule has 2 aliphatic heterocycles. The number of para-hydroxylation sites is 1. The van der Waals surface area contributed by atoms with Crippen molar-refractivity contribution < 1.29 is 28.7 Å². The van der Waals surface area contributed by atoms with Crippen LogP contribution in [-0.2, 0) is 20.9 Å². The maximum Gasteiger partial charge on any atom is 0.322 e. The number of carbonyl (C=O) groups excluding carboxylic acids is 4. The molecule has 3 heterocycles. The summed E-state index contributed by atoms with van der Waals surface area (Å²) >= 11 is 0. The molecule has 3 N–H and O–H groups in total. The Hall–Kier alpha value is -4.51. The summed E-state index contributed by atoms with van der Waals surface area (Å²) in [4.78, 5) is 56.3. The Morgan fingerprint density at radius 2 is 1.87 bits per heavy atom. The van der Waals surface area contributed by atoms with E-state index in [0.29, 0.717) is 38.7 Å². The first-order valence-corrected chi connectivity index (χ1v) is 12.3. The van der Waals surface area contributed by atoms with Crippen molar-refractivity contribution in [1.82, 2.24) is 25.8 Å². The lowest BCUT2D eigenvalue weighted by atomic mass is 10.1. The fraction of sp³-hybridized carbons (Fsp3) is 0.296. The van der Waals surface area contributed by atoms with Gasteiger partial charge in [-0.05, 0) is 43.3 Å². The minimum atomic E-state index is -1.27. The molecule has 38 heavy (non-hydrogen) atoms. The van der Waals surface area contributed by atoms with E-state index in [2.05, 4.69) is 20.9 Å². The summed E-state index contributed by atoms with van der Waals surface area (Å²) < 4.78 is 11.2. The zero-order valence-corrected chi connectivity index (χ0v) is 20.7. The van der Waals surface area contributed by atoms with Crippen LogP contribution in [0.5, 0.6) is 5.75 Å². The Balaban J connectivity index is 1.28. The highest BCUT2D eigenvalue weighted by Gasteiger charge is 2.43. The third kappa shape index (κ3) is 5.42. The topological polar surface area (TPSA) is 139 Å². The molecule has 2 aromatic carbocycles. The average Bonchev–Trinajstić information content (AvgIpc) is 3.27. The molecule has 2 unspecified atom stereocenters. The molecule has 2 saturated heterocycles. The number of ether oxygens (including phenoxy) is 2. The summed E-state index contributed by atoms with van der Waals surface area (Å²) in [7, 11) is 0. The van der Waals surface area contributed by atoms with Crippen molar-refractivity contribution in [2.75, 3.05) is 26.3 Å². The molecule has 196 valence electrons. The number of fused-ring (bicyclic) bond motifs is 1. The highest BCUT2D eigenvalue weighted by Crippen LogP contribution is 2.21. The van der Waals surface area contributed by atoms with Gasteiger partial charge >= 0.3 is 6.03 Å². The molecule has 2 fully saturated rings. The lowest BCUT2D eigenvalue weighted by Gasteiger charge is -2.32. The molecule has 0 radical (unpaired) electrons. The predicted molar refractivity (Wildman–Crippen MR) is 136 cm³/mol. The van der Waals surface area contributed by atoms with E-state index in [4.69, 9.17) is 9.47 Å². The molecule has 0 aliphatic carbocycles. The number of pyridine rings is 1. The zero-order valence-electron chi connectivity index (χ0n) is 20.7. The molecule has 5 rings (SSSR count). The van der Waals surface area contributed by atoms with Gasteiger partial charge in [-0.1, -0.05) is 18.2 Å². The monoisotopic (exact) mass is 517 g/mol. The van der Waals surface area contributed by atoms with Gasteiger partial charge in [0.05, 0.1) is 18.7 Å². The number of morpholine rings is 1. The number of benzene rings is 2. The third-order valence-corrected chi connectivity index (χ3v) is 6.46. The van der Waals surface area contributed by atoms with Gasteiger partial charge in [0.2, 0.25) is 5.91 Å². The third-order valence-electron chi connectivity index (χ3n) is 6.46. The molecule has 3 aromatic rings. The first kappa shape index (κ1) is 25.2. The van der Waals surface area contributed by atoms with Gasteiger partial charge in [-0.2, -0.15) is 0 Å². The number of aromatic nitrogens is 1. The van der Waals surface area contributed by atoms with Crippen LogP contribution in [0.15, 0.2) is 54.6 Å². The zero-order chi connectivity index (χ0) is 26.6. The van der Waals surface area contributed by atoms with Crippen molar-refractivity contribution in [2.24, 2.45) is 0 Å². The Labute approximate surface area is 218 Å². The number of hydrogen-bond acceptors (Lipinski definition) is 7. The number of imide groups is 1. The fourth-order valence-electron chi connectivity index (χ4n) is 4.54. The Kier molecular flexibility index (Phi) is 7.18. The number of urea groups is 1. The second kappa shape index (κ2) is 10.9. The maximum absolute atomic E-state index is 13.2. The van der Waals surface area contributed by atoms with Crippen LogP contribution in [0.4, 0.5) is 4.79 Å². The van der Waals surface area contributed by atoms with Crippen molar-refractivity contribution in [3.05, 3.63) is 71.4 Å². The number of amides is 5. The van der Waals surface area contributed by atoms with Gasteiger partial charge < -0.3 is 25.0 Å².